The number of amides is 1. The van der Waals surface area contributed by atoms with Gasteiger partial charge in [0, 0.05) is 16.5 Å². The highest BCUT2D eigenvalue weighted by atomic mass is 32.1. The average Bonchev–Trinajstić information content (AvgIpc) is 3.08. The first-order valence-electron chi connectivity index (χ1n) is 7.65. The third-order valence-electron chi connectivity index (χ3n) is 3.72. The number of nitrogens with one attached hydrogen (secondary N) is 1. The second-order valence-electron chi connectivity index (χ2n) is 5.49. The number of carbonyl (C=O) groups excluding carboxylic acids is 1. The Morgan fingerprint density at radius 1 is 1.15 bits per heavy atom. The van der Waals surface area contributed by atoms with Gasteiger partial charge in [0.15, 0.2) is 11.5 Å². The van der Waals surface area contributed by atoms with Crippen LogP contribution in [0.3, 0.4) is 0 Å². The number of halogens is 1. The first kappa shape index (κ1) is 16.1. The molecule has 0 spiro atoms. The molecular weight excluding hydrogens is 353 g/mol. The molecule has 0 bridgehead atoms. The van der Waals surface area contributed by atoms with Gasteiger partial charge in [0.25, 0.3) is 5.91 Å². The Balaban J connectivity index is 1.88. The van der Waals surface area contributed by atoms with Crippen molar-refractivity contribution in [3.05, 3.63) is 66.4 Å². The van der Waals surface area contributed by atoms with E-state index in [1.807, 2.05) is 12.1 Å². The number of pyridine rings is 1. The third-order valence-corrected chi connectivity index (χ3v) is 4.91. The number of hydrogen-bond acceptors (Lipinski definition) is 6. The van der Waals surface area contributed by atoms with Crippen LogP contribution in [0.2, 0.25) is 0 Å². The fourth-order valence-electron chi connectivity index (χ4n) is 2.55. The number of rotatable bonds is 4. The number of carbonyl (C=O) groups is 1. The van der Waals surface area contributed by atoms with Crippen LogP contribution >= 0.6 is 11.3 Å². The molecule has 0 saturated carbocycles. The zero-order chi connectivity index (χ0) is 18.1. The van der Waals surface area contributed by atoms with E-state index in [1.54, 1.807) is 30.6 Å². The van der Waals surface area contributed by atoms with Crippen molar-refractivity contribution in [3.63, 3.8) is 0 Å². The van der Waals surface area contributed by atoms with E-state index in [0.29, 0.717) is 21.5 Å². The van der Waals surface area contributed by atoms with E-state index in [-0.39, 0.29) is 11.5 Å². The van der Waals surface area contributed by atoms with Gasteiger partial charge >= 0.3 is 0 Å². The summed E-state index contributed by atoms with van der Waals surface area (Å²) in [6.45, 7) is 0. The minimum atomic E-state index is -0.664. The highest BCUT2D eigenvalue weighted by Gasteiger charge is 2.18. The molecule has 6 nitrogen and oxygen atoms in total. The minimum absolute atomic E-state index is 0.0874. The van der Waals surface area contributed by atoms with Crippen molar-refractivity contribution < 1.29 is 9.18 Å². The topological polar surface area (TPSA) is 93.8 Å². The lowest BCUT2D eigenvalue weighted by molar-refractivity contribution is 0.0996. The van der Waals surface area contributed by atoms with Gasteiger partial charge in [-0.3, -0.25) is 9.78 Å². The second kappa shape index (κ2) is 6.49. The van der Waals surface area contributed by atoms with Crippen LogP contribution in [-0.4, -0.2) is 21.1 Å². The molecule has 128 valence electrons. The Bertz CT molecular complexity index is 1110. The number of anilines is 2. The molecule has 0 aliphatic carbocycles. The van der Waals surface area contributed by atoms with Crippen molar-refractivity contribution in [2.24, 2.45) is 5.73 Å². The van der Waals surface area contributed by atoms with Crippen molar-refractivity contribution in [2.75, 3.05) is 5.32 Å². The molecule has 0 atom stereocenters. The van der Waals surface area contributed by atoms with Crippen LogP contribution in [0.4, 0.5) is 15.9 Å². The number of nitrogens with zero attached hydrogens (tertiary/aromatic N) is 3. The summed E-state index contributed by atoms with van der Waals surface area (Å²) in [5.41, 5.74) is 6.95. The number of benzene rings is 1. The molecule has 0 fully saturated rings. The third kappa shape index (κ3) is 2.98. The number of fused-ring (bicyclic) bond motifs is 1. The Hall–Kier alpha value is -3.39. The maximum absolute atomic E-state index is 13.6. The standard InChI is InChI=1S/C18H12FN5OS/c19-11-4-1-3-10(7-11)14-8-13-16(26-14)15(17(20)25)23-24-18(13)22-12-5-2-6-21-9-12/h1-9H,(H2,20,25)(H,22,24). The molecule has 0 aliphatic rings. The molecule has 3 N–H and O–H groups in total. The highest BCUT2D eigenvalue weighted by molar-refractivity contribution is 7.22. The molecule has 0 saturated heterocycles. The van der Waals surface area contributed by atoms with Crippen LogP contribution in [0, 0.1) is 5.82 Å². The summed E-state index contributed by atoms with van der Waals surface area (Å²) < 4.78 is 14.2. The molecule has 0 aliphatic heterocycles. The molecule has 8 heteroatoms. The Morgan fingerprint density at radius 2 is 2.04 bits per heavy atom. The summed E-state index contributed by atoms with van der Waals surface area (Å²) in [6.07, 6.45) is 3.31. The SMILES string of the molecule is NC(=O)c1nnc(Nc2cccnc2)c2cc(-c3cccc(F)c3)sc12. The summed E-state index contributed by atoms with van der Waals surface area (Å²) in [5.74, 6) is -0.528. The van der Waals surface area contributed by atoms with Gasteiger partial charge in [0.2, 0.25) is 0 Å². The van der Waals surface area contributed by atoms with E-state index in [2.05, 4.69) is 20.5 Å². The van der Waals surface area contributed by atoms with Gasteiger partial charge in [-0.15, -0.1) is 21.5 Å². The Labute approximate surface area is 151 Å². The lowest BCUT2D eigenvalue weighted by Gasteiger charge is -2.06. The minimum Gasteiger partial charge on any atom is -0.364 e. The van der Waals surface area contributed by atoms with Gasteiger partial charge in [0.1, 0.15) is 5.82 Å². The predicted molar refractivity (Wildman–Crippen MR) is 98.8 cm³/mol. The fraction of sp³-hybridized carbons (Fsp3) is 0. The molecular formula is C18H12FN5OS. The van der Waals surface area contributed by atoms with Crippen LogP contribution < -0.4 is 11.1 Å². The number of hydrogen-bond donors (Lipinski definition) is 2. The normalized spacial score (nSPS) is 10.8. The summed E-state index contributed by atoms with van der Waals surface area (Å²) in [6, 6.07) is 11.7. The Kier molecular flexibility index (Phi) is 4.02. The second-order valence-corrected chi connectivity index (χ2v) is 6.54. The maximum Gasteiger partial charge on any atom is 0.270 e. The first-order valence-corrected chi connectivity index (χ1v) is 8.46. The average molecular weight is 365 g/mol. The molecule has 1 aromatic carbocycles. The molecule has 26 heavy (non-hydrogen) atoms. The van der Waals surface area contributed by atoms with Crippen LogP contribution in [0.25, 0.3) is 20.5 Å². The number of aromatic nitrogens is 3. The molecule has 0 unspecified atom stereocenters. The number of primary amides is 1. The monoisotopic (exact) mass is 365 g/mol. The van der Waals surface area contributed by atoms with E-state index < -0.39 is 5.91 Å². The smallest absolute Gasteiger partial charge is 0.270 e. The molecule has 1 amide bonds. The summed E-state index contributed by atoms with van der Waals surface area (Å²) >= 11 is 1.31. The van der Waals surface area contributed by atoms with Gasteiger partial charge in [-0.25, -0.2) is 4.39 Å². The number of nitrogens with two attached hydrogens (primary N) is 1. The Morgan fingerprint density at radius 3 is 2.77 bits per heavy atom. The first-order chi connectivity index (χ1) is 12.6. The van der Waals surface area contributed by atoms with E-state index in [9.17, 15) is 9.18 Å². The van der Waals surface area contributed by atoms with E-state index in [4.69, 9.17) is 5.73 Å². The van der Waals surface area contributed by atoms with Crippen molar-refractivity contribution in [2.45, 2.75) is 0 Å². The van der Waals surface area contributed by atoms with Gasteiger partial charge in [-0.05, 0) is 35.9 Å². The predicted octanol–water partition coefficient (Wildman–Crippen LogP) is 3.73. The van der Waals surface area contributed by atoms with Crippen molar-refractivity contribution >= 4 is 38.8 Å². The summed E-state index contributed by atoms with van der Waals surface area (Å²) in [7, 11) is 0. The fourth-order valence-corrected chi connectivity index (χ4v) is 3.70. The van der Waals surface area contributed by atoms with Gasteiger partial charge < -0.3 is 11.1 Å². The van der Waals surface area contributed by atoms with Crippen LogP contribution in [0.1, 0.15) is 10.5 Å². The van der Waals surface area contributed by atoms with Gasteiger partial charge in [-0.1, -0.05) is 12.1 Å². The lowest BCUT2D eigenvalue weighted by atomic mass is 10.1. The number of thiophene rings is 1. The van der Waals surface area contributed by atoms with E-state index in [0.717, 1.165) is 10.6 Å². The lowest BCUT2D eigenvalue weighted by Crippen LogP contribution is -2.14. The summed E-state index contributed by atoms with van der Waals surface area (Å²) in [4.78, 5) is 16.5. The maximum atomic E-state index is 13.6. The van der Waals surface area contributed by atoms with Gasteiger partial charge in [-0.2, -0.15) is 0 Å². The highest BCUT2D eigenvalue weighted by Crippen LogP contribution is 2.38. The zero-order valence-electron chi connectivity index (χ0n) is 13.3. The largest absolute Gasteiger partial charge is 0.364 e. The van der Waals surface area contributed by atoms with Crippen LogP contribution in [0.5, 0.6) is 0 Å². The molecule has 3 heterocycles. The molecule has 0 radical (unpaired) electrons. The van der Waals surface area contributed by atoms with Crippen molar-refractivity contribution in [1.82, 2.24) is 15.2 Å². The quantitative estimate of drug-likeness (QED) is 0.575. The van der Waals surface area contributed by atoms with Crippen molar-refractivity contribution in [3.8, 4) is 10.4 Å². The van der Waals surface area contributed by atoms with Crippen LogP contribution in [0.15, 0.2) is 54.9 Å². The van der Waals surface area contributed by atoms with Gasteiger partial charge in [0.05, 0.1) is 16.6 Å². The van der Waals surface area contributed by atoms with E-state index in [1.165, 1.54) is 23.5 Å². The summed E-state index contributed by atoms with van der Waals surface area (Å²) in [5, 5.41) is 11.9. The molecule has 4 aromatic rings. The zero-order valence-corrected chi connectivity index (χ0v) is 14.1. The van der Waals surface area contributed by atoms with Crippen LogP contribution in [-0.2, 0) is 0 Å². The molecule has 4 rings (SSSR count). The molecule has 3 aromatic heterocycles. The van der Waals surface area contributed by atoms with Crippen molar-refractivity contribution in [1.29, 1.82) is 0 Å². The van der Waals surface area contributed by atoms with E-state index >= 15 is 0 Å².